The third-order valence-corrected chi connectivity index (χ3v) is 4.41. The van der Waals surface area contributed by atoms with E-state index >= 15 is 0 Å². The van der Waals surface area contributed by atoms with Crippen molar-refractivity contribution >= 4 is 40.6 Å². The molecular formula is C14H15N3O4S2. The number of hydrogen-bond donors (Lipinski definition) is 2. The molecule has 9 heteroatoms. The number of urea groups is 1. The standard InChI is InChI=1S/C14H15N3O4S2/c1-8(12(19)17-14(20)15-2)21-11(18)5-10-7-23-13(16-10)9-3-4-22-6-9/h3-4,6-8H,5H2,1-2H3,(H2,15,17,19,20)/t8-/m1/s1. The van der Waals surface area contributed by atoms with Gasteiger partial charge in [-0.25, -0.2) is 9.78 Å². The summed E-state index contributed by atoms with van der Waals surface area (Å²) in [5, 5.41) is 10.8. The number of ether oxygens (including phenoxy) is 1. The average Bonchev–Trinajstić information content (AvgIpc) is 3.17. The van der Waals surface area contributed by atoms with Gasteiger partial charge >= 0.3 is 12.0 Å². The van der Waals surface area contributed by atoms with E-state index in [9.17, 15) is 14.4 Å². The topological polar surface area (TPSA) is 97.4 Å². The van der Waals surface area contributed by atoms with Crippen LogP contribution in [-0.2, 0) is 20.7 Å². The average molecular weight is 353 g/mol. The van der Waals surface area contributed by atoms with Crippen molar-refractivity contribution in [1.82, 2.24) is 15.6 Å². The molecule has 122 valence electrons. The highest BCUT2D eigenvalue weighted by Gasteiger charge is 2.20. The van der Waals surface area contributed by atoms with Crippen LogP contribution in [0, 0.1) is 0 Å². The van der Waals surface area contributed by atoms with E-state index in [1.54, 1.807) is 16.7 Å². The predicted octanol–water partition coefficient (Wildman–Crippen LogP) is 1.80. The summed E-state index contributed by atoms with van der Waals surface area (Å²) in [5.41, 5.74) is 1.60. The summed E-state index contributed by atoms with van der Waals surface area (Å²) >= 11 is 3.02. The molecule has 0 aliphatic rings. The Morgan fingerprint density at radius 2 is 2.13 bits per heavy atom. The Bertz CT molecular complexity index is 697. The van der Waals surface area contributed by atoms with Gasteiger partial charge in [-0.1, -0.05) is 0 Å². The normalized spacial score (nSPS) is 11.6. The lowest BCUT2D eigenvalue weighted by Crippen LogP contribution is -2.43. The zero-order valence-electron chi connectivity index (χ0n) is 12.5. The Morgan fingerprint density at radius 1 is 1.35 bits per heavy atom. The third kappa shape index (κ3) is 4.86. The van der Waals surface area contributed by atoms with Crippen LogP contribution in [-0.4, -0.2) is 36.0 Å². The number of esters is 1. The summed E-state index contributed by atoms with van der Waals surface area (Å²) < 4.78 is 5.00. The van der Waals surface area contributed by atoms with Gasteiger partial charge in [-0.15, -0.1) is 11.3 Å². The first kappa shape index (κ1) is 17.1. The fourth-order valence-corrected chi connectivity index (χ4v) is 3.16. The van der Waals surface area contributed by atoms with Crippen molar-refractivity contribution < 1.29 is 19.1 Å². The number of thiazole rings is 1. The summed E-state index contributed by atoms with van der Waals surface area (Å²) in [7, 11) is 1.38. The molecule has 2 rings (SSSR count). The first-order chi connectivity index (χ1) is 11.0. The molecule has 0 fully saturated rings. The molecule has 2 N–H and O–H groups in total. The van der Waals surface area contributed by atoms with Crippen molar-refractivity contribution in [3.8, 4) is 10.6 Å². The van der Waals surface area contributed by atoms with Gasteiger partial charge in [0.15, 0.2) is 6.10 Å². The van der Waals surface area contributed by atoms with E-state index in [2.05, 4.69) is 10.3 Å². The molecular weight excluding hydrogens is 338 g/mol. The van der Waals surface area contributed by atoms with Crippen molar-refractivity contribution in [2.75, 3.05) is 7.05 Å². The van der Waals surface area contributed by atoms with E-state index < -0.39 is 24.0 Å². The molecule has 0 aliphatic heterocycles. The zero-order chi connectivity index (χ0) is 16.8. The fraction of sp³-hybridized carbons (Fsp3) is 0.286. The maximum atomic E-state index is 11.8. The van der Waals surface area contributed by atoms with Gasteiger partial charge < -0.3 is 10.1 Å². The quantitative estimate of drug-likeness (QED) is 0.799. The third-order valence-electron chi connectivity index (χ3n) is 2.79. The molecule has 1 atom stereocenters. The lowest BCUT2D eigenvalue weighted by molar-refractivity contribution is -0.153. The van der Waals surface area contributed by atoms with Gasteiger partial charge in [-0.3, -0.25) is 14.9 Å². The molecule has 0 aliphatic carbocycles. The number of amides is 3. The Hall–Kier alpha value is -2.26. The second kappa shape index (κ2) is 7.84. The highest BCUT2D eigenvalue weighted by molar-refractivity contribution is 7.14. The molecule has 23 heavy (non-hydrogen) atoms. The highest BCUT2D eigenvalue weighted by Crippen LogP contribution is 2.25. The minimum absolute atomic E-state index is 0.0295. The van der Waals surface area contributed by atoms with Crippen molar-refractivity contribution in [3.05, 3.63) is 27.9 Å². The van der Waals surface area contributed by atoms with Crippen LogP contribution in [0.4, 0.5) is 4.79 Å². The molecule has 0 bridgehead atoms. The number of thiophene rings is 1. The van der Waals surface area contributed by atoms with E-state index in [1.807, 2.05) is 22.1 Å². The van der Waals surface area contributed by atoms with E-state index in [1.165, 1.54) is 25.3 Å². The van der Waals surface area contributed by atoms with E-state index in [0.29, 0.717) is 5.69 Å². The van der Waals surface area contributed by atoms with Crippen LogP contribution in [0.1, 0.15) is 12.6 Å². The van der Waals surface area contributed by atoms with Crippen molar-refractivity contribution in [2.45, 2.75) is 19.4 Å². The number of imide groups is 1. The van der Waals surface area contributed by atoms with Gasteiger partial charge in [0.05, 0.1) is 12.1 Å². The molecule has 0 saturated carbocycles. The largest absolute Gasteiger partial charge is 0.452 e. The summed E-state index contributed by atoms with van der Waals surface area (Å²) in [6, 6.07) is 1.30. The van der Waals surface area contributed by atoms with Crippen molar-refractivity contribution in [1.29, 1.82) is 0 Å². The lowest BCUT2D eigenvalue weighted by Gasteiger charge is -2.12. The van der Waals surface area contributed by atoms with Crippen molar-refractivity contribution in [3.63, 3.8) is 0 Å². The van der Waals surface area contributed by atoms with E-state index in [-0.39, 0.29) is 6.42 Å². The van der Waals surface area contributed by atoms with Crippen LogP contribution in [0.25, 0.3) is 10.6 Å². The summed E-state index contributed by atoms with van der Waals surface area (Å²) in [6.45, 7) is 1.40. The summed E-state index contributed by atoms with van der Waals surface area (Å²) in [4.78, 5) is 38.8. The lowest BCUT2D eigenvalue weighted by atomic mass is 10.3. The minimum atomic E-state index is -1.06. The van der Waals surface area contributed by atoms with Gasteiger partial charge in [0, 0.05) is 23.4 Å². The monoisotopic (exact) mass is 353 g/mol. The molecule has 0 aromatic carbocycles. The van der Waals surface area contributed by atoms with Crippen molar-refractivity contribution in [2.24, 2.45) is 0 Å². The van der Waals surface area contributed by atoms with Gasteiger partial charge in [-0.2, -0.15) is 11.3 Å². The Morgan fingerprint density at radius 3 is 2.78 bits per heavy atom. The molecule has 0 unspecified atom stereocenters. The smallest absolute Gasteiger partial charge is 0.321 e. The maximum Gasteiger partial charge on any atom is 0.321 e. The zero-order valence-corrected chi connectivity index (χ0v) is 14.1. The van der Waals surface area contributed by atoms with Crippen LogP contribution < -0.4 is 10.6 Å². The number of carbonyl (C=O) groups is 3. The number of aromatic nitrogens is 1. The molecule has 0 saturated heterocycles. The van der Waals surface area contributed by atoms with Crippen LogP contribution >= 0.6 is 22.7 Å². The Kier molecular flexibility index (Phi) is 5.83. The first-order valence-corrected chi connectivity index (χ1v) is 8.51. The Balaban J connectivity index is 1.87. The molecule has 0 spiro atoms. The highest BCUT2D eigenvalue weighted by atomic mass is 32.1. The Labute approximate surface area is 140 Å². The summed E-state index contributed by atoms with van der Waals surface area (Å²) in [5.74, 6) is -1.26. The van der Waals surface area contributed by atoms with Crippen LogP contribution in [0.5, 0.6) is 0 Å². The van der Waals surface area contributed by atoms with E-state index in [4.69, 9.17) is 4.74 Å². The van der Waals surface area contributed by atoms with Crippen LogP contribution in [0.3, 0.4) is 0 Å². The number of nitrogens with one attached hydrogen (secondary N) is 2. The number of carbonyl (C=O) groups excluding carboxylic acids is 3. The number of rotatable bonds is 5. The van der Waals surface area contributed by atoms with Gasteiger partial charge in [-0.05, 0) is 18.4 Å². The maximum absolute atomic E-state index is 11.8. The van der Waals surface area contributed by atoms with Gasteiger partial charge in [0.1, 0.15) is 5.01 Å². The second-order valence-electron chi connectivity index (χ2n) is 4.53. The van der Waals surface area contributed by atoms with E-state index in [0.717, 1.165) is 10.6 Å². The molecule has 2 aromatic rings. The number of hydrogen-bond acceptors (Lipinski definition) is 7. The van der Waals surface area contributed by atoms with Crippen LogP contribution in [0.2, 0.25) is 0 Å². The number of nitrogens with zero attached hydrogens (tertiary/aromatic N) is 1. The fourth-order valence-electron chi connectivity index (χ4n) is 1.62. The predicted molar refractivity (Wildman–Crippen MR) is 87.3 cm³/mol. The van der Waals surface area contributed by atoms with Gasteiger partial charge in [0.25, 0.3) is 5.91 Å². The van der Waals surface area contributed by atoms with Crippen LogP contribution in [0.15, 0.2) is 22.2 Å². The first-order valence-electron chi connectivity index (χ1n) is 6.68. The minimum Gasteiger partial charge on any atom is -0.452 e. The SMILES string of the molecule is CNC(=O)NC(=O)[C@@H](C)OC(=O)Cc1csc(-c2ccsc2)n1. The second-order valence-corrected chi connectivity index (χ2v) is 6.17. The molecule has 0 radical (unpaired) electrons. The molecule has 2 aromatic heterocycles. The summed E-state index contributed by atoms with van der Waals surface area (Å²) in [6.07, 6.45) is -1.09. The molecule has 2 heterocycles. The molecule has 7 nitrogen and oxygen atoms in total. The molecule has 3 amide bonds. The van der Waals surface area contributed by atoms with Gasteiger partial charge in [0.2, 0.25) is 0 Å².